The standard InChI is InChI=1S/C13H27IO/c1-4-6-7-8-9-10-11-13(15-3)12(14)5-2/h12-13H,4-11H2,1-3H3/t12-,13+/m0/s1. The van der Waals surface area contributed by atoms with Crippen molar-refractivity contribution in [1.29, 1.82) is 0 Å². The number of halogens is 1. The molecule has 0 aromatic carbocycles. The van der Waals surface area contributed by atoms with Gasteiger partial charge in [-0.05, 0) is 12.8 Å². The number of rotatable bonds is 10. The van der Waals surface area contributed by atoms with E-state index in [0.29, 0.717) is 10.0 Å². The highest BCUT2D eigenvalue weighted by atomic mass is 127. The topological polar surface area (TPSA) is 9.23 Å². The minimum absolute atomic E-state index is 0.474. The van der Waals surface area contributed by atoms with Gasteiger partial charge in [0.15, 0.2) is 0 Å². The van der Waals surface area contributed by atoms with E-state index in [1.165, 1.54) is 51.4 Å². The Kier molecular flexibility index (Phi) is 11.7. The molecule has 1 nitrogen and oxygen atoms in total. The molecule has 2 atom stereocenters. The van der Waals surface area contributed by atoms with Crippen LogP contribution in [0.4, 0.5) is 0 Å². The summed E-state index contributed by atoms with van der Waals surface area (Å²) in [6, 6.07) is 0. The maximum Gasteiger partial charge on any atom is 0.0688 e. The Morgan fingerprint density at radius 3 is 2.13 bits per heavy atom. The summed E-state index contributed by atoms with van der Waals surface area (Å²) < 4.78 is 6.21. The molecule has 0 radical (unpaired) electrons. The molecule has 2 heteroatoms. The SMILES string of the molecule is CCCCCCCC[C@@H](OC)[C@@H](I)CC. The van der Waals surface area contributed by atoms with E-state index in [0.717, 1.165) is 0 Å². The Labute approximate surface area is 109 Å². The van der Waals surface area contributed by atoms with Crippen LogP contribution in [-0.2, 0) is 4.74 Å². The maximum absolute atomic E-state index is 5.52. The predicted octanol–water partition coefficient (Wildman–Crippen LogP) is 4.97. The molecule has 0 unspecified atom stereocenters. The summed E-state index contributed by atoms with van der Waals surface area (Å²) in [7, 11) is 1.85. The zero-order valence-corrected chi connectivity index (χ0v) is 12.8. The lowest BCUT2D eigenvalue weighted by atomic mass is 10.0. The Bertz CT molecular complexity index is 128. The van der Waals surface area contributed by atoms with Crippen LogP contribution >= 0.6 is 22.6 Å². The van der Waals surface area contributed by atoms with E-state index < -0.39 is 0 Å². The van der Waals surface area contributed by atoms with E-state index in [9.17, 15) is 0 Å². The molecule has 0 spiro atoms. The number of unbranched alkanes of at least 4 members (excludes halogenated alkanes) is 5. The molecule has 0 heterocycles. The second-order valence-electron chi connectivity index (χ2n) is 4.25. The largest absolute Gasteiger partial charge is 0.380 e. The second kappa shape index (κ2) is 11.2. The molecule has 0 aliphatic rings. The molecular weight excluding hydrogens is 299 g/mol. The van der Waals surface area contributed by atoms with Crippen LogP contribution in [-0.4, -0.2) is 17.1 Å². The van der Waals surface area contributed by atoms with E-state index in [2.05, 4.69) is 36.4 Å². The van der Waals surface area contributed by atoms with Gasteiger partial charge >= 0.3 is 0 Å². The third-order valence-electron chi connectivity index (χ3n) is 2.94. The summed E-state index contributed by atoms with van der Waals surface area (Å²) in [6.45, 7) is 4.51. The number of hydrogen-bond acceptors (Lipinski definition) is 1. The van der Waals surface area contributed by atoms with Gasteiger partial charge < -0.3 is 4.74 Å². The molecule has 92 valence electrons. The normalized spacial score (nSPS) is 15.2. The van der Waals surface area contributed by atoms with E-state index in [1.807, 2.05) is 7.11 Å². The zero-order valence-electron chi connectivity index (χ0n) is 10.6. The minimum Gasteiger partial charge on any atom is -0.380 e. The van der Waals surface area contributed by atoms with Gasteiger partial charge in [-0.3, -0.25) is 0 Å². The second-order valence-corrected chi connectivity index (χ2v) is 5.85. The van der Waals surface area contributed by atoms with Gasteiger partial charge in [-0.15, -0.1) is 0 Å². The summed E-state index contributed by atoms with van der Waals surface area (Å²) in [6.07, 6.45) is 11.2. The highest BCUT2D eigenvalue weighted by Crippen LogP contribution is 2.19. The number of hydrogen-bond donors (Lipinski definition) is 0. The Morgan fingerprint density at radius 2 is 1.60 bits per heavy atom. The molecule has 0 rings (SSSR count). The van der Waals surface area contributed by atoms with Crippen molar-refractivity contribution in [3.63, 3.8) is 0 Å². The predicted molar refractivity (Wildman–Crippen MR) is 76.9 cm³/mol. The molecule has 0 N–H and O–H groups in total. The summed E-state index contributed by atoms with van der Waals surface area (Å²) in [4.78, 5) is 0. The summed E-state index contributed by atoms with van der Waals surface area (Å²) in [5.74, 6) is 0. The van der Waals surface area contributed by atoms with E-state index in [-0.39, 0.29) is 0 Å². The third kappa shape index (κ3) is 8.49. The quantitative estimate of drug-likeness (QED) is 0.313. The summed E-state index contributed by atoms with van der Waals surface area (Å²) >= 11 is 2.52. The van der Waals surface area contributed by atoms with Crippen molar-refractivity contribution in [3.05, 3.63) is 0 Å². The molecule has 0 amide bonds. The molecule has 0 bridgehead atoms. The van der Waals surface area contributed by atoms with Crippen LogP contribution in [0.3, 0.4) is 0 Å². The van der Waals surface area contributed by atoms with Crippen molar-refractivity contribution in [1.82, 2.24) is 0 Å². The fourth-order valence-corrected chi connectivity index (χ4v) is 2.49. The molecule has 0 aliphatic heterocycles. The maximum atomic E-state index is 5.52. The zero-order chi connectivity index (χ0) is 11.5. The molecule has 0 saturated heterocycles. The number of alkyl halides is 1. The van der Waals surface area contributed by atoms with Crippen molar-refractivity contribution in [2.75, 3.05) is 7.11 Å². The van der Waals surface area contributed by atoms with Crippen molar-refractivity contribution in [2.24, 2.45) is 0 Å². The number of ether oxygens (including phenoxy) is 1. The van der Waals surface area contributed by atoms with Gasteiger partial charge in [0.1, 0.15) is 0 Å². The minimum atomic E-state index is 0.474. The van der Waals surface area contributed by atoms with Crippen LogP contribution in [0.5, 0.6) is 0 Å². The van der Waals surface area contributed by atoms with Gasteiger partial charge in [0.2, 0.25) is 0 Å². The Hall–Kier alpha value is 0.690. The lowest BCUT2D eigenvalue weighted by Gasteiger charge is -2.19. The smallest absolute Gasteiger partial charge is 0.0688 e. The van der Waals surface area contributed by atoms with Crippen LogP contribution in [0.25, 0.3) is 0 Å². The molecule has 15 heavy (non-hydrogen) atoms. The Balaban J connectivity index is 3.38. The molecule has 0 aliphatic carbocycles. The van der Waals surface area contributed by atoms with E-state index in [4.69, 9.17) is 4.74 Å². The summed E-state index contributed by atoms with van der Waals surface area (Å²) in [5, 5.41) is 0. The van der Waals surface area contributed by atoms with E-state index >= 15 is 0 Å². The van der Waals surface area contributed by atoms with Crippen LogP contribution in [0, 0.1) is 0 Å². The van der Waals surface area contributed by atoms with Crippen molar-refractivity contribution >= 4 is 22.6 Å². The Morgan fingerprint density at radius 1 is 1.00 bits per heavy atom. The van der Waals surface area contributed by atoms with Gasteiger partial charge in [-0.1, -0.05) is 75.0 Å². The van der Waals surface area contributed by atoms with Crippen molar-refractivity contribution < 1.29 is 4.74 Å². The first kappa shape index (κ1) is 15.7. The first-order chi connectivity index (χ1) is 7.26. The fraction of sp³-hybridized carbons (Fsp3) is 1.00. The van der Waals surface area contributed by atoms with Gasteiger partial charge in [0.25, 0.3) is 0 Å². The van der Waals surface area contributed by atoms with Gasteiger partial charge in [-0.25, -0.2) is 0 Å². The van der Waals surface area contributed by atoms with Gasteiger partial charge in [0, 0.05) is 11.0 Å². The van der Waals surface area contributed by atoms with Gasteiger partial charge in [-0.2, -0.15) is 0 Å². The lowest BCUT2D eigenvalue weighted by molar-refractivity contribution is 0.0933. The first-order valence-corrected chi connectivity index (χ1v) is 7.67. The third-order valence-corrected chi connectivity index (χ3v) is 4.62. The molecule has 0 fully saturated rings. The van der Waals surface area contributed by atoms with Crippen LogP contribution in [0.15, 0.2) is 0 Å². The average Bonchev–Trinajstić information content (AvgIpc) is 2.27. The lowest BCUT2D eigenvalue weighted by Crippen LogP contribution is -2.22. The van der Waals surface area contributed by atoms with Crippen molar-refractivity contribution in [3.8, 4) is 0 Å². The molecule has 0 saturated carbocycles. The first-order valence-electron chi connectivity index (χ1n) is 6.43. The van der Waals surface area contributed by atoms with Crippen molar-refractivity contribution in [2.45, 2.75) is 75.2 Å². The average molecular weight is 326 g/mol. The number of methoxy groups -OCH3 is 1. The van der Waals surface area contributed by atoms with Gasteiger partial charge in [0.05, 0.1) is 6.10 Å². The van der Waals surface area contributed by atoms with E-state index in [1.54, 1.807) is 0 Å². The highest BCUT2D eigenvalue weighted by molar-refractivity contribution is 14.1. The molecule has 0 aromatic heterocycles. The van der Waals surface area contributed by atoms with Crippen LogP contribution in [0.2, 0.25) is 0 Å². The monoisotopic (exact) mass is 326 g/mol. The molecular formula is C13H27IO. The fourth-order valence-electron chi connectivity index (χ4n) is 1.84. The summed E-state index contributed by atoms with van der Waals surface area (Å²) in [5.41, 5.74) is 0. The van der Waals surface area contributed by atoms with Crippen LogP contribution < -0.4 is 0 Å². The highest BCUT2D eigenvalue weighted by Gasteiger charge is 2.15. The van der Waals surface area contributed by atoms with Crippen LogP contribution in [0.1, 0.15) is 65.2 Å². The molecule has 0 aromatic rings.